The van der Waals surface area contributed by atoms with Gasteiger partial charge < -0.3 is 10.1 Å². The quantitative estimate of drug-likeness (QED) is 0.546. The van der Waals surface area contributed by atoms with E-state index in [1.165, 1.54) is 0 Å². The fourth-order valence-electron chi connectivity index (χ4n) is 1.09. The molecule has 1 fully saturated rings. The molecule has 0 aliphatic carbocycles. The molecule has 1 unspecified atom stereocenters. The molecule has 1 aliphatic rings. The fraction of sp³-hybridized carbons (Fsp3) is 1.00. The van der Waals surface area contributed by atoms with Crippen LogP contribution in [-0.2, 0) is 4.74 Å². The van der Waals surface area contributed by atoms with Crippen molar-refractivity contribution in [2.24, 2.45) is 5.41 Å². The molecule has 0 saturated carbocycles. The average molecular weight is 143 g/mol. The lowest BCUT2D eigenvalue weighted by molar-refractivity contribution is 0.00959. The van der Waals surface area contributed by atoms with E-state index in [4.69, 9.17) is 4.74 Å². The summed E-state index contributed by atoms with van der Waals surface area (Å²) in [4.78, 5) is 0. The fourth-order valence-corrected chi connectivity index (χ4v) is 1.09. The summed E-state index contributed by atoms with van der Waals surface area (Å²) in [6, 6.07) is 0. The van der Waals surface area contributed by atoms with E-state index < -0.39 is 0 Å². The molecule has 0 radical (unpaired) electrons. The Morgan fingerprint density at radius 3 is 2.90 bits per heavy atom. The van der Waals surface area contributed by atoms with Crippen LogP contribution < -0.4 is 5.32 Å². The van der Waals surface area contributed by atoms with Crippen LogP contribution in [0.15, 0.2) is 0 Å². The van der Waals surface area contributed by atoms with E-state index in [0.717, 1.165) is 19.7 Å². The van der Waals surface area contributed by atoms with Crippen LogP contribution in [0.25, 0.3) is 0 Å². The zero-order chi connectivity index (χ0) is 7.61. The highest BCUT2D eigenvalue weighted by Gasteiger charge is 2.27. The maximum Gasteiger partial charge on any atom is 0.0610 e. The van der Waals surface area contributed by atoms with Crippen LogP contribution in [-0.4, -0.2) is 25.8 Å². The minimum atomic E-state index is 0.288. The molecule has 1 saturated heterocycles. The van der Waals surface area contributed by atoms with Crippen LogP contribution in [0.1, 0.15) is 20.8 Å². The van der Waals surface area contributed by atoms with Crippen molar-refractivity contribution in [3.8, 4) is 0 Å². The third-order valence-electron chi connectivity index (χ3n) is 2.33. The average Bonchev–Trinajstić information content (AvgIpc) is 1.96. The van der Waals surface area contributed by atoms with E-state index in [1.54, 1.807) is 0 Å². The van der Waals surface area contributed by atoms with Crippen molar-refractivity contribution in [1.29, 1.82) is 0 Å². The Labute approximate surface area is 63.0 Å². The van der Waals surface area contributed by atoms with Crippen LogP contribution in [0.3, 0.4) is 0 Å². The van der Waals surface area contributed by atoms with Crippen LogP contribution in [0, 0.1) is 5.41 Å². The molecule has 1 atom stereocenters. The van der Waals surface area contributed by atoms with Crippen molar-refractivity contribution in [3.63, 3.8) is 0 Å². The molecule has 2 nitrogen and oxygen atoms in total. The molecular weight excluding hydrogens is 126 g/mol. The van der Waals surface area contributed by atoms with E-state index in [9.17, 15) is 0 Å². The van der Waals surface area contributed by atoms with Crippen LogP contribution >= 0.6 is 0 Å². The topological polar surface area (TPSA) is 21.3 Å². The highest BCUT2D eigenvalue weighted by atomic mass is 16.5. The molecule has 0 aromatic carbocycles. The van der Waals surface area contributed by atoms with Gasteiger partial charge in [0, 0.05) is 18.5 Å². The largest absolute Gasteiger partial charge is 0.377 e. The molecule has 0 aromatic heterocycles. The Morgan fingerprint density at radius 2 is 2.20 bits per heavy atom. The van der Waals surface area contributed by atoms with Gasteiger partial charge in [0.1, 0.15) is 0 Å². The summed E-state index contributed by atoms with van der Waals surface area (Å²) >= 11 is 0. The Kier molecular flexibility index (Phi) is 2.32. The first kappa shape index (κ1) is 8.02. The maximum atomic E-state index is 5.56. The first-order valence-corrected chi connectivity index (χ1v) is 3.95. The first-order valence-electron chi connectivity index (χ1n) is 3.95. The van der Waals surface area contributed by atoms with Crippen LogP contribution in [0.2, 0.25) is 0 Å². The Hall–Kier alpha value is -0.0800. The molecule has 10 heavy (non-hydrogen) atoms. The van der Waals surface area contributed by atoms with E-state index in [-0.39, 0.29) is 5.41 Å². The van der Waals surface area contributed by atoms with E-state index in [0.29, 0.717) is 6.10 Å². The molecule has 1 aliphatic heterocycles. The minimum Gasteiger partial charge on any atom is -0.377 e. The van der Waals surface area contributed by atoms with Crippen LogP contribution in [0.4, 0.5) is 0 Å². The van der Waals surface area contributed by atoms with Gasteiger partial charge in [0.2, 0.25) is 0 Å². The number of hydrogen-bond donors (Lipinski definition) is 1. The van der Waals surface area contributed by atoms with Gasteiger partial charge in [-0.2, -0.15) is 0 Å². The smallest absolute Gasteiger partial charge is 0.0610 e. The van der Waals surface area contributed by atoms with E-state index in [1.807, 2.05) is 0 Å². The highest BCUT2D eigenvalue weighted by molar-refractivity contribution is 4.80. The summed E-state index contributed by atoms with van der Waals surface area (Å²) in [6.07, 6.45) is 0.377. The minimum absolute atomic E-state index is 0.288. The Balaban J connectivity index is 2.52. The summed E-state index contributed by atoms with van der Waals surface area (Å²) in [7, 11) is 0. The summed E-state index contributed by atoms with van der Waals surface area (Å²) in [5.41, 5.74) is 0.288. The molecule has 0 aromatic rings. The van der Waals surface area contributed by atoms with Gasteiger partial charge in [-0.15, -0.1) is 0 Å². The van der Waals surface area contributed by atoms with Crippen molar-refractivity contribution >= 4 is 0 Å². The predicted molar refractivity (Wildman–Crippen MR) is 42.1 cm³/mol. The van der Waals surface area contributed by atoms with Crippen molar-refractivity contribution in [2.75, 3.05) is 19.7 Å². The van der Waals surface area contributed by atoms with Gasteiger partial charge in [-0.25, -0.2) is 0 Å². The van der Waals surface area contributed by atoms with Crippen molar-refractivity contribution in [1.82, 2.24) is 5.32 Å². The maximum absolute atomic E-state index is 5.56. The van der Waals surface area contributed by atoms with Gasteiger partial charge in [-0.05, 0) is 6.92 Å². The summed E-state index contributed by atoms with van der Waals surface area (Å²) in [5, 5.41) is 3.34. The summed E-state index contributed by atoms with van der Waals surface area (Å²) in [6.45, 7) is 9.52. The Bertz CT molecular complexity index is 112. The van der Waals surface area contributed by atoms with Crippen molar-refractivity contribution < 1.29 is 4.74 Å². The van der Waals surface area contributed by atoms with Crippen molar-refractivity contribution in [2.45, 2.75) is 26.9 Å². The van der Waals surface area contributed by atoms with Gasteiger partial charge in [0.25, 0.3) is 0 Å². The zero-order valence-corrected chi connectivity index (χ0v) is 7.11. The first-order chi connectivity index (χ1) is 4.63. The van der Waals surface area contributed by atoms with E-state index >= 15 is 0 Å². The summed E-state index contributed by atoms with van der Waals surface area (Å²) < 4.78 is 5.56. The Morgan fingerprint density at radius 1 is 1.50 bits per heavy atom. The monoisotopic (exact) mass is 143 g/mol. The predicted octanol–water partition coefficient (Wildman–Crippen LogP) is 1.02. The van der Waals surface area contributed by atoms with E-state index in [2.05, 4.69) is 26.1 Å². The molecule has 0 spiro atoms. The normalized spacial score (nSPS) is 33.3. The van der Waals surface area contributed by atoms with Gasteiger partial charge in [-0.3, -0.25) is 0 Å². The van der Waals surface area contributed by atoms with Gasteiger partial charge in [0.05, 0.1) is 12.7 Å². The number of rotatable bonds is 0. The van der Waals surface area contributed by atoms with Crippen LogP contribution in [0.5, 0.6) is 0 Å². The second-order valence-electron chi connectivity index (χ2n) is 3.68. The molecule has 1 N–H and O–H groups in total. The van der Waals surface area contributed by atoms with Gasteiger partial charge >= 0.3 is 0 Å². The lowest BCUT2D eigenvalue weighted by atomic mass is 9.88. The second kappa shape index (κ2) is 2.89. The third kappa shape index (κ3) is 1.70. The third-order valence-corrected chi connectivity index (χ3v) is 2.33. The molecule has 2 heteroatoms. The number of nitrogens with one attached hydrogen (secondary N) is 1. The second-order valence-corrected chi connectivity index (χ2v) is 3.68. The van der Waals surface area contributed by atoms with Gasteiger partial charge in [-0.1, -0.05) is 13.8 Å². The zero-order valence-electron chi connectivity index (χ0n) is 7.11. The van der Waals surface area contributed by atoms with Gasteiger partial charge in [0.15, 0.2) is 0 Å². The SMILES string of the molecule is CC1OCCNCC1(C)C. The lowest BCUT2D eigenvalue weighted by Crippen LogP contribution is -2.35. The van der Waals surface area contributed by atoms with Crippen molar-refractivity contribution in [3.05, 3.63) is 0 Å². The molecular formula is C8H17NO. The molecule has 1 heterocycles. The molecule has 60 valence electrons. The molecule has 1 rings (SSSR count). The lowest BCUT2D eigenvalue weighted by Gasteiger charge is -2.28. The number of hydrogen-bond acceptors (Lipinski definition) is 2. The number of ether oxygens (including phenoxy) is 1. The summed E-state index contributed by atoms with van der Waals surface area (Å²) in [5.74, 6) is 0. The molecule has 0 amide bonds. The highest BCUT2D eigenvalue weighted by Crippen LogP contribution is 2.23. The standard InChI is InChI=1S/C8H17NO/c1-7-8(2,3)6-9-4-5-10-7/h7,9H,4-6H2,1-3H3. The molecule has 0 bridgehead atoms.